The Balaban J connectivity index is 1.90. The van der Waals surface area contributed by atoms with Gasteiger partial charge in [0.25, 0.3) is 0 Å². The van der Waals surface area contributed by atoms with Crippen LogP contribution in [0.3, 0.4) is 0 Å². The number of aryl methyl sites for hydroxylation is 1. The number of anilines is 1. The average Bonchev–Trinajstić information content (AvgIpc) is 2.85. The van der Waals surface area contributed by atoms with Crippen LogP contribution in [0.2, 0.25) is 0 Å². The molecule has 1 heterocycles. The highest BCUT2D eigenvalue weighted by Gasteiger charge is 2.16. The van der Waals surface area contributed by atoms with E-state index < -0.39 is 0 Å². The number of rotatable bonds is 18. The molecule has 0 radical (unpaired) electrons. The molecule has 0 spiro atoms. The minimum absolute atomic E-state index is 0.0915. The molecule has 10 nitrogen and oxygen atoms in total. The normalized spacial score (nSPS) is 11.2. The summed E-state index contributed by atoms with van der Waals surface area (Å²) in [7, 11) is 1.52. The minimum Gasteiger partial charge on any atom is -0.496 e. The maximum absolute atomic E-state index is 12.3. The maximum atomic E-state index is 12.3. The van der Waals surface area contributed by atoms with Gasteiger partial charge in [-0.05, 0) is 30.5 Å². The summed E-state index contributed by atoms with van der Waals surface area (Å²) in [4.78, 5) is 29.7. The fourth-order valence-corrected chi connectivity index (χ4v) is 3.65. The highest BCUT2D eigenvalue weighted by Crippen LogP contribution is 2.29. The van der Waals surface area contributed by atoms with Gasteiger partial charge in [0.1, 0.15) is 5.75 Å². The van der Waals surface area contributed by atoms with Gasteiger partial charge in [0.05, 0.1) is 52.3 Å². The number of nitrogens with zero attached hydrogens (tertiary/aromatic N) is 2. The van der Waals surface area contributed by atoms with E-state index in [1.165, 1.54) is 0 Å². The summed E-state index contributed by atoms with van der Waals surface area (Å²) in [5, 5.41) is 2.86. The molecule has 0 aliphatic carbocycles. The topological polar surface area (TPSA) is 138 Å². The van der Waals surface area contributed by atoms with Gasteiger partial charge in [0.15, 0.2) is 0 Å². The van der Waals surface area contributed by atoms with Gasteiger partial charge in [0.2, 0.25) is 17.7 Å². The number of carbonyl (C=O) groups is 1. The van der Waals surface area contributed by atoms with E-state index in [0.717, 1.165) is 35.2 Å². The first-order valence-electron chi connectivity index (χ1n) is 12.2. The molecular formula is C25H39N4O6P. The first kappa shape index (κ1) is 29.7. The number of nitrogens with two attached hydrogens (primary N) is 1. The van der Waals surface area contributed by atoms with Crippen LogP contribution in [-0.4, -0.2) is 73.6 Å². The lowest BCUT2D eigenvalue weighted by Gasteiger charge is -2.15. The highest BCUT2D eigenvalue weighted by molar-refractivity contribution is 7.31. The van der Waals surface area contributed by atoms with Gasteiger partial charge in [-0.3, -0.25) is 4.79 Å². The molecule has 200 valence electrons. The Bertz CT molecular complexity index is 947. The summed E-state index contributed by atoms with van der Waals surface area (Å²) in [6.45, 7) is 6.83. The summed E-state index contributed by atoms with van der Waals surface area (Å²) in [6.07, 6.45) is 3.34. The second kappa shape index (κ2) is 17.0. The standard InChI is InChI=1S/C25H39N4O6P/c1-4-5-9-35-24-21(18(2)28-25(26)29-24)17-20-7-6-19(15-22(20)32-3)16-23(30)27-8-10-33-11-12-34-13-14-36-31/h6-7,15,31,36H,4-5,8-14,16-17H2,1-3H3,(H,27,30)(H2,26,28,29). The second-order valence-corrected chi connectivity index (χ2v) is 8.95. The van der Waals surface area contributed by atoms with Crippen LogP contribution >= 0.6 is 8.81 Å². The van der Waals surface area contributed by atoms with E-state index in [1.54, 1.807) is 7.11 Å². The van der Waals surface area contributed by atoms with Crippen LogP contribution in [0, 0.1) is 6.92 Å². The number of aromatic nitrogens is 2. The quantitative estimate of drug-likeness (QED) is 0.199. The second-order valence-electron chi connectivity index (χ2n) is 8.14. The first-order chi connectivity index (χ1) is 17.5. The van der Waals surface area contributed by atoms with Crippen LogP contribution in [0.5, 0.6) is 11.6 Å². The van der Waals surface area contributed by atoms with E-state index in [0.29, 0.717) is 63.8 Å². The third-order valence-corrected chi connectivity index (χ3v) is 5.74. The third-order valence-electron chi connectivity index (χ3n) is 5.31. The molecule has 36 heavy (non-hydrogen) atoms. The molecule has 1 aromatic carbocycles. The molecule has 2 aromatic rings. The lowest BCUT2D eigenvalue weighted by molar-refractivity contribution is -0.120. The number of hydrogen-bond acceptors (Lipinski definition) is 9. The predicted molar refractivity (Wildman–Crippen MR) is 141 cm³/mol. The van der Waals surface area contributed by atoms with E-state index in [1.807, 2.05) is 25.1 Å². The molecule has 1 amide bonds. The fraction of sp³-hybridized carbons (Fsp3) is 0.560. The van der Waals surface area contributed by atoms with E-state index in [4.69, 9.17) is 29.6 Å². The smallest absolute Gasteiger partial charge is 0.224 e. The van der Waals surface area contributed by atoms with Crippen LogP contribution in [0.4, 0.5) is 5.95 Å². The van der Waals surface area contributed by atoms with Crippen molar-refractivity contribution in [3.8, 4) is 11.6 Å². The number of benzene rings is 1. The Kier molecular flexibility index (Phi) is 14.1. The molecule has 2 rings (SSSR count). The number of amides is 1. The van der Waals surface area contributed by atoms with Crippen molar-refractivity contribution in [3.05, 3.63) is 40.6 Å². The summed E-state index contributed by atoms with van der Waals surface area (Å²) in [5.74, 6) is 1.27. The molecule has 0 saturated carbocycles. The van der Waals surface area contributed by atoms with Crippen molar-refractivity contribution >= 4 is 20.7 Å². The first-order valence-corrected chi connectivity index (χ1v) is 13.3. The molecule has 11 heteroatoms. The number of hydrogen-bond donors (Lipinski definition) is 3. The largest absolute Gasteiger partial charge is 0.496 e. The van der Waals surface area contributed by atoms with Crippen molar-refractivity contribution in [3.63, 3.8) is 0 Å². The fourth-order valence-electron chi connectivity index (χ4n) is 3.41. The van der Waals surface area contributed by atoms with Crippen molar-refractivity contribution in [2.45, 2.75) is 39.5 Å². The number of nitrogen functional groups attached to an aromatic ring is 1. The summed E-state index contributed by atoms with van der Waals surface area (Å²) < 4.78 is 22.2. The van der Waals surface area contributed by atoms with Crippen molar-refractivity contribution < 1.29 is 28.6 Å². The van der Waals surface area contributed by atoms with E-state index >= 15 is 0 Å². The van der Waals surface area contributed by atoms with Gasteiger partial charge in [-0.1, -0.05) is 25.5 Å². The summed E-state index contributed by atoms with van der Waals surface area (Å²) >= 11 is 0. The van der Waals surface area contributed by atoms with E-state index in [2.05, 4.69) is 22.2 Å². The van der Waals surface area contributed by atoms with Crippen LogP contribution < -0.4 is 20.5 Å². The lowest BCUT2D eigenvalue weighted by atomic mass is 10.0. The lowest BCUT2D eigenvalue weighted by Crippen LogP contribution is -2.29. The van der Waals surface area contributed by atoms with Gasteiger partial charge < -0.3 is 34.9 Å². The molecule has 1 atom stereocenters. The number of carbonyl (C=O) groups excluding carboxylic acids is 1. The predicted octanol–water partition coefficient (Wildman–Crippen LogP) is 2.42. The molecule has 1 unspecified atom stereocenters. The molecule has 0 aliphatic rings. The zero-order chi connectivity index (χ0) is 26.2. The van der Waals surface area contributed by atoms with E-state index in [9.17, 15) is 4.79 Å². The van der Waals surface area contributed by atoms with Crippen LogP contribution in [0.1, 0.15) is 42.1 Å². The van der Waals surface area contributed by atoms with Crippen LogP contribution in [-0.2, 0) is 27.1 Å². The van der Waals surface area contributed by atoms with Crippen molar-refractivity contribution in [2.24, 2.45) is 0 Å². The molecule has 4 N–H and O–H groups in total. The Morgan fingerprint density at radius 2 is 1.92 bits per heavy atom. The zero-order valence-corrected chi connectivity index (χ0v) is 22.5. The number of nitrogens with one attached hydrogen (secondary N) is 1. The zero-order valence-electron chi connectivity index (χ0n) is 21.5. The molecule has 1 aromatic heterocycles. The Morgan fingerprint density at radius 1 is 1.14 bits per heavy atom. The van der Waals surface area contributed by atoms with Gasteiger partial charge in [-0.15, -0.1) is 0 Å². The van der Waals surface area contributed by atoms with Crippen LogP contribution in [0.15, 0.2) is 18.2 Å². The van der Waals surface area contributed by atoms with Crippen molar-refractivity contribution in [2.75, 3.05) is 58.6 Å². The molecular weight excluding hydrogens is 483 g/mol. The third kappa shape index (κ3) is 10.6. The van der Waals surface area contributed by atoms with Crippen LogP contribution in [0.25, 0.3) is 0 Å². The minimum atomic E-state index is -0.0945. The summed E-state index contributed by atoms with van der Waals surface area (Å²) in [5.41, 5.74) is 9.25. The molecule has 0 aliphatic heterocycles. The maximum Gasteiger partial charge on any atom is 0.224 e. The SMILES string of the molecule is CCCCOc1nc(N)nc(C)c1Cc1ccc(CC(=O)NCCOCCOCCPO)cc1OC. The van der Waals surface area contributed by atoms with Gasteiger partial charge in [-0.2, -0.15) is 4.98 Å². The van der Waals surface area contributed by atoms with E-state index in [-0.39, 0.29) is 27.1 Å². The highest BCUT2D eigenvalue weighted by atomic mass is 31.1. The molecule has 0 bridgehead atoms. The monoisotopic (exact) mass is 522 g/mol. The summed E-state index contributed by atoms with van der Waals surface area (Å²) in [6, 6.07) is 5.75. The Hall–Kier alpha value is -2.52. The Labute approximate surface area is 215 Å². The van der Waals surface area contributed by atoms with Crippen molar-refractivity contribution in [1.82, 2.24) is 15.3 Å². The van der Waals surface area contributed by atoms with Gasteiger partial charge >= 0.3 is 0 Å². The molecule has 0 fully saturated rings. The van der Waals surface area contributed by atoms with Gasteiger partial charge in [0, 0.05) is 33.5 Å². The number of unbranched alkanes of at least 4 members (excludes halogenated alkanes) is 1. The Morgan fingerprint density at radius 3 is 2.64 bits per heavy atom. The average molecular weight is 523 g/mol. The molecule has 0 saturated heterocycles. The number of ether oxygens (including phenoxy) is 4. The number of methoxy groups -OCH3 is 1. The van der Waals surface area contributed by atoms with Gasteiger partial charge in [-0.25, -0.2) is 4.98 Å². The van der Waals surface area contributed by atoms with Crippen molar-refractivity contribution in [1.29, 1.82) is 0 Å².